The summed E-state index contributed by atoms with van der Waals surface area (Å²) in [5, 5.41) is 13.4. The number of carbonyl (C=O) groups is 1. The Labute approximate surface area is 116 Å². The predicted octanol–water partition coefficient (Wildman–Crippen LogP) is 2.59. The van der Waals surface area contributed by atoms with Crippen LogP contribution in [0.1, 0.15) is 35.9 Å². The number of amides is 1. The first-order valence-electron chi connectivity index (χ1n) is 6.00. The number of hydrogen-bond donors (Lipinski definition) is 2. The zero-order valence-corrected chi connectivity index (χ0v) is 11.5. The largest absolute Gasteiger partial charge is 0.344 e. The van der Waals surface area contributed by atoms with Crippen molar-refractivity contribution in [3.05, 3.63) is 46.7 Å². The zero-order chi connectivity index (χ0) is 13.8. The van der Waals surface area contributed by atoms with Crippen molar-refractivity contribution in [2.45, 2.75) is 19.9 Å². The maximum absolute atomic E-state index is 12.0. The lowest BCUT2D eigenvalue weighted by atomic mass is 9.96. The summed E-state index contributed by atoms with van der Waals surface area (Å²) in [5.74, 6) is -0.000531. The molecular formula is C13H15ClN4O. The highest BCUT2D eigenvalue weighted by Gasteiger charge is 2.20. The first kappa shape index (κ1) is 13.5. The monoisotopic (exact) mass is 278 g/mol. The van der Waals surface area contributed by atoms with Crippen molar-refractivity contribution in [1.82, 2.24) is 20.7 Å². The number of aromatic nitrogens is 3. The molecule has 0 saturated carbocycles. The van der Waals surface area contributed by atoms with Gasteiger partial charge in [-0.1, -0.05) is 37.6 Å². The highest BCUT2D eigenvalue weighted by Crippen LogP contribution is 2.23. The molecule has 0 aliphatic heterocycles. The van der Waals surface area contributed by atoms with E-state index in [-0.39, 0.29) is 23.6 Å². The standard InChI is InChI=1S/C13H15ClN4O/c1-8(2)12(9-3-5-10(14)6-4-9)16-13(19)11-7-15-18-17-11/h3-8,12H,1-2H3,(H,16,19)(H,15,17,18). The van der Waals surface area contributed by atoms with Crippen molar-refractivity contribution in [2.24, 2.45) is 5.92 Å². The van der Waals surface area contributed by atoms with Gasteiger partial charge in [-0.2, -0.15) is 15.4 Å². The first-order valence-corrected chi connectivity index (χ1v) is 6.38. The number of benzene rings is 1. The molecule has 19 heavy (non-hydrogen) atoms. The minimum Gasteiger partial charge on any atom is -0.344 e. The van der Waals surface area contributed by atoms with E-state index < -0.39 is 0 Å². The Balaban J connectivity index is 2.17. The summed E-state index contributed by atoms with van der Waals surface area (Å²) in [5.41, 5.74) is 1.29. The van der Waals surface area contributed by atoms with E-state index in [1.807, 2.05) is 38.1 Å². The van der Waals surface area contributed by atoms with E-state index >= 15 is 0 Å². The van der Waals surface area contributed by atoms with Gasteiger partial charge in [-0.15, -0.1) is 0 Å². The molecular weight excluding hydrogens is 264 g/mol. The van der Waals surface area contributed by atoms with Crippen molar-refractivity contribution in [3.63, 3.8) is 0 Å². The molecule has 1 heterocycles. The molecule has 2 rings (SSSR count). The van der Waals surface area contributed by atoms with Crippen LogP contribution in [0.4, 0.5) is 0 Å². The van der Waals surface area contributed by atoms with Crippen molar-refractivity contribution in [3.8, 4) is 0 Å². The molecule has 0 aliphatic rings. The summed E-state index contributed by atoms with van der Waals surface area (Å²) >= 11 is 5.87. The van der Waals surface area contributed by atoms with Gasteiger partial charge in [-0.05, 0) is 23.6 Å². The molecule has 6 heteroatoms. The van der Waals surface area contributed by atoms with Gasteiger partial charge in [-0.25, -0.2) is 0 Å². The quantitative estimate of drug-likeness (QED) is 0.903. The number of halogens is 1. The van der Waals surface area contributed by atoms with Crippen molar-refractivity contribution in [2.75, 3.05) is 0 Å². The third-order valence-corrected chi connectivity index (χ3v) is 3.08. The van der Waals surface area contributed by atoms with Crippen LogP contribution in [0.3, 0.4) is 0 Å². The second kappa shape index (κ2) is 5.84. The van der Waals surface area contributed by atoms with Crippen LogP contribution in [0, 0.1) is 5.92 Å². The summed E-state index contributed by atoms with van der Waals surface area (Å²) in [6.45, 7) is 4.09. The molecule has 1 aromatic heterocycles. The number of aromatic amines is 1. The number of nitrogens with one attached hydrogen (secondary N) is 2. The minimum absolute atomic E-state index is 0.0959. The third kappa shape index (κ3) is 3.32. The van der Waals surface area contributed by atoms with Crippen LogP contribution in [0.5, 0.6) is 0 Å². The van der Waals surface area contributed by atoms with E-state index in [2.05, 4.69) is 20.7 Å². The summed E-state index contributed by atoms with van der Waals surface area (Å²) < 4.78 is 0. The van der Waals surface area contributed by atoms with Gasteiger partial charge in [-0.3, -0.25) is 4.79 Å². The highest BCUT2D eigenvalue weighted by atomic mass is 35.5. The molecule has 0 fully saturated rings. The molecule has 0 saturated heterocycles. The third-order valence-electron chi connectivity index (χ3n) is 2.83. The number of carbonyl (C=O) groups excluding carboxylic acids is 1. The molecule has 5 nitrogen and oxygen atoms in total. The number of rotatable bonds is 4. The fourth-order valence-corrected chi connectivity index (χ4v) is 1.96. The highest BCUT2D eigenvalue weighted by molar-refractivity contribution is 6.30. The second-order valence-corrected chi connectivity index (χ2v) is 5.04. The zero-order valence-electron chi connectivity index (χ0n) is 10.7. The number of hydrogen-bond acceptors (Lipinski definition) is 3. The van der Waals surface area contributed by atoms with Crippen LogP contribution < -0.4 is 5.32 Å². The molecule has 1 atom stereocenters. The molecule has 1 amide bonds. The van der Waals surface area contributed by atoms with Crippen molar-refractivity contribution < 1.29 is 4.79 Å². The molecule has 2 aromatic rings. The van der Waals surface area contributed by atoms with Gasteiger partial charge in [0.05, 0.1) is 12.2 Å². The summed E-state index contributed by atoms with van der Waals surface area (Å²) in [7, 11) is 0. The van der Waals surface area contributed by atoms with E-state index in [0.717, 1.165) is 5.56 Å². The van der Waals surface area contributed by atoms with E-state index in [4.69, 9.17) is 11.6 Å². The number of H-pyrrole nitrogens is 1. The fraction of sp³-hybridized carbons (Fsp3) is 0.308. The Hall–Kier alpha value is -1.88. The summed E-state index contributed by atoms with van der Waals surface area (Å²) in [6, 6.07) is 7.36. The SMILES string of the molecule is CC(C)C(NC(=O)c1cn[nH]n1)c1ccc(Cl)cc1. The molecule has 1 aromatic carbocycles. The van der Waals surface area contributed by atoms with Gasteiger partial charge >= 0.3 is 0 Å². The minimum atomic E-state index is -0.248. The van der Waals surface area contributed by atoms with Crippen LogP contribution in [0.25, 0.3) is 0 Å². The Kier molecular flexibility index (Phi) is 4.16. The molecule has 0 aliphatic carbocycles. The van der Waals surface area contributed by atoms with E-state index in [9.17, 15) is 4.79 Å². The topological polar surface area (TPSA) is 70.7 Å². The van der Waals surface area contributed by atoms with Crippen LogP contribution in [-0.2, 0) is 0 Å². The van der Waals surface area contributed by atoms with Gasteiger partial charge < -0.3 is 5.32 Å². The Morgan fingerprint density at radius 2 is 2.00 bits per heavy atom. The van der Waals surface area contributed by atoms with Gasteiger partial charge in [0.2, 0.25) is 0 Å². The predicted molar refractivity (Wildman–Crippen MR) is 72.9 cm³/mol. The molecule has 0 radical (unpaired) electrons. The fourth-order valence-electron chi connectivity index (χ4n) is 1.83. The van der Waals surface area contributed by atoms with Gasteiger partial charge in [0.1, 0.15) is 0 Å². The normalized spacial score (nSPS) is 12.4. The van der Waals surface area contributed by atoms with Gasteiger partial charge in [0, 0.05) is 5.02 Å². The van der Waals surface area contributed by atoms with Crippen LogP contribution in [0.15, 0.2) is 30.5 Å². The lowest BCUT2D eigenvalue weighted by Crippen LogP contribution is -2.32. The molecule has 2 N–H and O–H groups in total. The van der Waals surface area contributed by atoms with E-state index in [1.54, 1.807) is 0 Å². The Bertz CT molecular complexity index is 536. The van der Waals surface area contributed by atoms with Crippen LogP contribution in [-0.4, -0.2) is 21.3 Å². The Morgan fingerprint density at radius 1 is 1.32 bits per heavy atom. The average molecular weight is 279 g/mol. The average Bonchev–Trinajstić information content (AvgIpc) is 2.90. The van der Waals surface area contributed by atoms with Gasteiger partial charge in [0.15, 0.2) is 5.69 Å². The smallest absolute Gasteiger partial charge is 0.273 e. The summed E-state index contributed by atoms with van der Waals surface area (Å²) in [6.07, 6.45) is 1.40. The molecule has 100 valence electrons. The van der Waals surface area contributed by atoms with Crippen LogP contribution in [0.2, 0.25) is 5.02 Å². The maximum Gasteiger partial charge on any atom is 0.273 e. The van der Waals surface area contributed by atoms with Crippen LogP contribution >= 0.6 is 11.6 Å². The Morgan fingerprint density at radius 3 is 2.53 bits per heavy atom. The number of nitrogens with zero attached hydrogens (tertiary/aromatic N) is 2. The molecule has 1 unspecified atom stereocenters. The van der Waals surface area contributed by atoms with Crippen molar-refractivity contribution >= 4 is 17.5 Å². The lowest BCUT2D eigenvalue weighted by Gasteiger charge is -2.22. The summed E-state index contributed by atoms with van der Waals surface area (Å²) in [4.78, 5) is 12.0. The van der Waals surface area contributed by atoms with E-state index in [1.165, 1.54) is 6.20 Å². The second-order valence-electron chi connectivity index (χ2n) is 4.60. The van der Waals surface area contributed by atoms with Gasteiger partial charge in [0.25, 0.3) is 5.91 Å². The first-order chi connectivity index (χ1) is 9.08. The van der Waals surface area contributed by atoms with E-state index in [0.29, 0.717) is 5.02 Å². The van der Waals surface area contributed by atoms with Crippen molar-refractivity contribution in [1.29, 1.82) is 0 Å². The maximum atomic E-state index is 12.0. The lowest BCUT2D eigenvalue weighted by molar-refractivity contribution is 0.0920. The molecule has 0 spiro atoms. The molecule has 0 bridgehead atoms.